The van der Waals surface area contributed by atoms with Crippen LogP contribution in [-0.4, -0.2) is 57.7 Å². The third-order valence-corrected chi connectivity index (χ3v) is 3.65. The van der Waals surface area contributed by atoms with Crippen molar-refractivity contribution in [1.82, 2.24) is 14.9 Å². The van der Waals surface area contributed by atoms with Gasteiger partial charge in [0.2, 0.25) is 0 Å². The van der Waals surface area contributed by atoms with Gasteiger partial charge >= 0.3 is 5.97 Å². The van der Waals surface area contributed by atoms with E-state index in [1.54, 1.807) is 6.92 Å². The number of aromatic nitrogens is 2. The van der Waals surface area contributed by atoms with Crippen molar-refractivity contribution in [1.29, 1.82) is 0 Å². The molecule has 0 saturated carbocycles. The largest absolute Gasteiger partial charge is 0.479 e. The summed E-state index contributed by atoms with van der Waals surface area (Å²) in [7, 11) is 0. The zero-order valence-electron chi connectivity index (χ0n) is 13.7. The molecule has 126 valence electrons. The van der Waals surface area contributed by atoms with Crippen LogP contribution in [0.15, 0.2) is 4.79 Å². The van der Waals surface area contributed by atoms with Gasteiger partial charge < -0.3 is 19.7 Å². The first-order chi connectivity index (χ1) is 10.6. The van der Waals surface area contributed by atoms with Gasteiger partial charge in [-0.05, 0) is 6.92 Å². The van der Waals surface area contributed by atoms with Crippen molar-refractivity contribution in [3.05, 3.63) is 27.4 Å². The van der Waals surface area contributed by atoms with Gasteiger partial charge in [-0.25, -0.2) is 9.78 Å². The minimum absolute atomic E-state index is 0.0518. The lowest BCUT2D eigenvalue weighted by Crippen LogP contribution is -2.49. The van der Waals surface area contributed by atoms with Crippen LogP contribution in [0, 0.1) is 6.92 Å². The molecule has 0 bridgehead atoms. The highest BCUT2D eigenvalue weighted by atomic mass is 16.5. The van der Waals surface area contributed by atoms with E-state index < -0.39 is 23.5 Å². The standard InChI is InChI=1S/C15H21N3O5/c1-8-10(11(19)17-14(16-8)15(2,3)4)12(20)18-5-6-23-9(7-18)13(21)22/h9H,5-7H2,1-4H3,(H,21,22)(H,16,17,19)/t9-/m1/s1. The fourth-order valence-electron chi connectivity index (χ4n) is 2.33. The number of carbonyl (C=O) groups excluding carboxylic acids is 1. The summed E-state index contributed by atoms with van der Waals surface area (Å²) in [5.74, 6) is -1.15. The molecule has 1 aromatic rings. The number of aromatic amines is 1. The number of carboxylic acids is 1. The second-order valence-corrected chi connectivity index (χ2v) is 6.57. The van der Waals surface area contributed by atoms with E-state index in [0.717, 1.165) is 0 Å². The molecule has 8 heteroatoms. The molecule has 1 aromatic heterocycles. The molecule has 1 aliphatic heterocycles. The highest BCUT2D eigenvalue weighted by Crippen LogP contribution is 2.18. The molecule has 0 unspecified atom stereocenters. The number of H-pyrrole nitrogens is 1. The number of carboxylic acid groups (broad SMARTS) is 1. The minimum atomic E-state index is -1.13. The lowest BCUT2D eigenvalue weighted by molar-refractivity contribution is -0.154. The van der Waals surface area contributed by atoms with Gasteiger partial charge in [-0.1, -0.05) is 20.8 Å². The van der Waals surface area contributed by atoms with E-state index >= 15 is 0 Å². The second-order valence-electron chi connectivity index (χ2n) is 6.57. The Morgan fingerprint density at radius 1 is 1.39 bits per heavy atom. The van der Waals surface area contributed by atoms with E-state index in [1.807, 2.05) is 20.8 Å². The number of ether oxygens (including phenoxy) is 1. The molecule has 8 nitrogen and oxygen atoms in total. The van der Waals surface area contributed by atoms with Gasteiger partial charge in [0.25, 0.3) is 11.5 Å². The van der Waals surface area contributed by atoms with E-state index in [9.17, 15) is 14.4 Å². The number of morpholine rings is 1. The minimum Gasteiger partial charge on any atom is -0.479 e. The third kappa shape index (κ3) is 3.58. The molecule has 0 radical (unpaired) electrons. The number of aryl methyl sites for hydroxylation is 1. The van der Waals surface area contributed by atoms with Gasteiger partial charge in [0.1, 0.15) is 11.4 Å². The maximum absolute atomic E-state index is 12.6. The molecule has 0 spiro atoms. The van der Waals surface area contributed by atoms with Crippen molar-refractivity contribution in [2.24, 2.45) is 0 Å². The molecule has 1 fully saturated rings. The number of hydrogen-bond donors (Lipinski definition) is 2. The molecule has 0 aliphatic carbocycles. The zero-order valence-corrected chi connectivity index (χ0v) is 13.7. The van der Waals surface area contributed by atoms with E-state index in [4.69, 9.17) is 9.84 Å². The van der Waals surface area contributed by atoms with Crippen molar-refractivity contribution in [2.75, 3.05) is 19.7 Å². The first kappa shape index (κ1) is 17.1. The summed E-state index contributed by atoms with van der Waals surface area (Å²) < 4.78 is 5.08. The summed E-state index contributed by atoms with van der Waals surface area (Å²) in [5.41, 5.74) is -0.573. The molecule has 2 rings (SSSR count). The SMILES string of the molecule is Cc1nc(C(C)(C)C)[nH]c(=O)c1C(=O)N1CCO[C@@H](C(=O)O)C1. The summed E-state index contributed by atoms with van der Waals surface area (Å²) in [6.07, 6.45) is -1.08. The molecular formula is C15H21N3O5. The Hall–Kier alpha value is -2.22. The number of rotatable bonds is 2. The normalized spacial score (nSPS) is 18.8. The van der Waals surface area contributed by atoms with E-state index in [0.29, 0.717) is 11.5 Å². The van der Waals surface area contributed by atoms with Crippen molar-refractivity contribution in [3.8, 4) is 0 Å². The Morgan fingerprint density at radius 3 is 2.57 bits per heavy atom. The summed E-state index contributed by atoms with van der Waals surface area (Å²) in [6, 6.07) is 0. The van der Waals surface area contributed by atoms with Gasteiger partial charge in [0.15, 0.2) is 6.10 Å². The number of nitrogens with zero attached hydrogens (tertiary/aromatic N) is 2. The first-order valence-electron chi connectivity index (χ1n) is 7.36. The maximum Gasteiger partial charge on any atom is 0.334 e. The Balaban J connectivity index is 2.33. The van der Waals surface area contributed by atoms with E-state index in [1.165, 1.54) is 4.90 Å². The average molecular weight is 323 g/mol. The molecule has 2 N–H and O–H groups in total. The van der Waals surface area contributed by atoms with Crippen LogP contribution in [0.5, 0.6) is 0 Å². The van der Waals surface area contributed by atoms with Crippen LogP contribution in [0.2, 0.25) is 0 Å². The molecule has 1 amide bonds. The topological polar surface area (TPSA) is 113 Å². The van der Waals surface area contributed by atoms with Crippen LogP contribution in [0.1, 0.15) is 42.6 Å². The zero-order chi connectivity index (χ0) is 17.4. The summed E-state index contributed by atoms with van der Waals surface area (Å²) in [5, 5.41) is 9.00. The Labute approximate surface area is 133 Å². The summed E-state index contributed by atoms with van der Waals surface area (Å²) in [4.78, 5) is 44.2. The van der Waals surface area contributed by atoms with Crippen molar-refractivity contribution in [2.45, 2.75) is 39.2 Å². The van der Waals surface area contributed by atoms with E-state index in [2.05, 4.69) is 9.97 Å². The Morgan fingerprint density at radius 2 is 2.04 bits per heavy atom. The van der Waals surface area contributed by atoms with Crippen molar-refractivity contribution in [3.63, 3.8) is 0 Å². The molecule has 1 saturated heterocycles. The van der Waals surface area contributed by atoms with Crippen LogP contribution < -0.4 is 5.56 Å². The molecule has 1 atom stereocenters. The molecule has 1 aliphatic rings. The van der Waals surface area contributed by atoms with Gasteiger partial charge in [-0.2, -0.15) is 0 Å². The lowest BCUT2D eigenvalue weighted by atomic mass is 9.95. The van der Waals surface area contributed by atoms with E-state index in [-0.39, 0.29) is 30.7 Å². The molecule has 23 heavy (non-hydrogen) atoms. The average Bonchev–Trinajstić information content (AvgIpc) is 2.45. The van der Waals surface area contributed by atoms with Gasteiger partial charge in [0.05, 0.1) is 18.8 Å². The lowest BCUT2D eigenvalue weighted by Gasteiger charge is -2.31. The highest BCUT2D eigenvalue weighted by Gasteiger charge is 2.32. The van der Waals surface area contributed by atoms with Crippen LogP contribution in [0.25, 0.3) is 0 Å². The fraction of sp³-hybridized carbons (Fsp3) is 0.600. The Kier molecular flexibility index (Phi) is 4.56. The van der Waals surface area contributed by atoms with Crippen LogP contribution >= 0.6 is 0 Å². The monoisotopic (exact) mass is 323 g/mol. The number of hydrogen-bond acceptors (Lipinski definition) is 5. The van der Waals surface area contributed by atoms with Crippen molar-refractivity contribution < 1.29 is 19.4 Å². The van der Waals surface area contributed by atoms with Gasteiger partial charge in [-0.3, -0.25) is 9.59 Å². The highest BCUT2D eigenvalue weighted by molar-refractivity contribution is 5.95. The first-order valence-corrected chi connectivity index (χ1v) is 7.36. The predicted molar refractivity (Wildman–Crippen MR) is 81.6 cm³/mol. The predicted octanol–water partition coefficient (Wildman–Crippen LogP) is 0.301. The number of nitrogens with one attached hydrogen (secondary N) is 1. The number of aliphatic carboxylic acids is 1. The summed E-state index contributed by atoms with van der Waals surface area (Å²) in [6.45, 7) is 7.60. The number of amides is 1. The summed E-state index contributed by atoms with van der Waals surface area (Å²) >= 11 is 0. The van der Waals surface area contributed by atoms with Crippen LogP contribution in [0.3, 0.4) is 0 Å². The third-order valence-electron chi connectivity index (χ3n) is 3.65. The Bertz CT molecular complexity index is 689. The molecule has 0 aromatic carbocycles. The molecule has 2 heterocycles. The quantitative estimate of drug-likeness (QED) is 0.809. The number of carbonyl (C=O) groups is 2. The maximum atomic E-state index is 12.6. The molecular weight excluding hydrogens is 302 g/mol. The second kappa shape index (κ2) is 6.11. The van der Waals surface area contributed by atoms with Crippen LogP contribution in [0.4, 0.5) is 0 Å². The fourth-order valence-corrected chi connectivity index (χ4v) is 2.33. The van der Waals surface area contributed by atoms with Gasteiger partial charge in [0, 0.05) is 12.0 Å². The van der Waals surface area contributed by atoms with Crippen molar-refractivity contribution >= 4 is 11.9 Å². The van der Waals surface area contributed by atoms with Gasteiger partial charge in [-0.15, -0.1) is 0 Å². The van der Waals surface area contributed by atoms with Crippen LogP contribution in [-0.2, 0) is 14.9 Å². The smallest absolute Gasteiger partial charge is 0.334 e.